The Morgan fingerprint density at radius 2 is 1.91 bits per heavy atom. The molecule has 1 aliphatic rings. The van der Waals surface area contributed by atoms with Gasteiger partial charge in [-0.1, -0.05) is 0 Å². The molecule has 1 unspecified atom stereocenters. The molecule has 0 spiro atoms. The molecule has 5 rings (SSSR count). The number of aromatic nitrogens is 8. The van der Waals surface area contributed by atoms with E-state index in [4.69, 9.17) is 4.74 Å². The summed E-state index contributed by atoms with van der Waals surface area (Å²) >= 11 is 0. The Kier molecular flexibility index (Phi) is 5.95. The third-order valence-electron chi connectivity index (χ3n) is 5.95. The number of imidazole rings is 1. The van der Waals surface area contributed by atoms with Crippen molar-refractivity contribution in [2.24, 2.45) is 0 Å². The monoisotopic (exact) mass is 490 g/mol. The number of hydrogen-bond donors (Lipinski definition) is 0. The molecular weight excluding hydrogens is 465 g/mol. The van der Waals surface area contributed by atoms with Crippen LogP contribution in [-0.4, -0.2) is 51.5 Å². The van der Waals surface area contributed by atoms with E-state index in [-0.39, 0.29) is 35.8 Å². The second-order valence-corrected chi connectivity index (χ2v) is 8.86. The molecule has 0 amide bonds. The van der Waals surface area contributed by atoms with Gasteiger partial charge in [0.1, 0.15) is 6.23 Å². The van der Waals surface area contributed by atoms with Gasteiger partial charge in [0.15, 0.2) is 5.82 Å². The second-order valence-electron chi connectivity index (χ2n) is 8.86. The van der Waals surface area contributed by atoms with Crippen LogP contribution in [0, 0.1) is 0 Å². The van der Waals surface area contributed by atoms with Gasteiger partial charge in [0.05, 0.1) is 36.3 Å². The number of halogens is 3. The van der Waals surface area contributed by atoms with Gasteiger partial charge < -0.3 is 4.74 Å². The van der Waals surface area contributed by atoms with Crippen LogP contribution in [0.4, 0.5) is 13.2 Å². The van der Waals surface area contributed by atoms with Crippen LogP contribution in [0.3, 0.4) is 0 Å². The standard InChI is InChI=1S/C22H25F3N8O2/c1-14(2)32-19(16-10-27-30(12-16)7-6-22(23,24)25)29-33-17(11-26-20(33)21(32)34)15-9-28-31(13-15)18-5-3-4-8-35-18/h9-14,18H,3-8H2,1-2H3. The zero-order valence-corrected chi connectivity index (χ0v) is 19.3. The summed E-state index contributed by atoms with van der Waals surface area (Å²) in [6.45, 7) is 4.02. The molecule has 0 saturated carbocycles. The van der Waals surface area contributed by atoms with Crippen molar-refractivity contribution in [2.75, 3.05) is 6.61 Å². The van der Waals surface area contributed by atoms with Crippen LogP contribution in [0.25, 0.3) is 28.3 Å². The van der Waals surface area contributed by atoms with Gasteiger partial charge in [-0.15, -0.1) is 5.10 Å². The molecule has 35 heavy (non-hydrogen) atoms. The lowest BCUT2D eigenvalue weighted by Crippen LogP contribution is -2.27. The molecular formula is C22H25F3N8O2. The Labute approximate surface area is 197 Å². The minimum absolute atomic E-state index is 0.138. The second kappa shape index (κ2) is 8.95. The van der Waals surface area contributed by atoms with Gasteiger partial charge in [-0.2, -0.15) is 23.4 Å². The maximum Gasteiger partial charge on any atom is 0.390 e. The molecule has 5 heterocycles. The minimum Gasteiger partial charge on any atom is -0.357 e. The molecule has 0 aromatic carbocycles. The predicted octanol–water partition coefficient (Wildman–Crippen LogP) is 3.85. The zero-order chi connectivity index (χ0) is 24.7. The highest BCUT2D eigenvalue weighted by Gasteiger charge is 2.27. The molecule has 1 atom stereocenters. The summed E-state index contributed by atoms with van der Waals surface area (Å²) in [6, 6.07) is -0.264. The Morgan fingerprint density at radius 1 is 1.11 bits per heavy atom. The van der Waals surface area contributed by atoms with Gasteiger partial charge in [0.25, 0.3) is 5.56 Å². The lowest BCUT2D eigenvalue weighted by atomic mass is 10.2. The minimum atomic E-state index is -4.29. The average Bonchev–Trinajstić information content (AvgIpc) is 3.56. The van der Waals surface area contributed by atoms with E-state index in [0.29, 0.717) is 23.4 Å². The van der Waals surface area contributed by atoms with Crippen LogP contribution in [0.1, 0.15) is 51.8 Å². The van der Waals surface area contributed by atoms with Crippen molar-refractivity contribution >= 4 is 5.65 Å². The number of ether oxygens (including phenoxy) is 1. The van der Waals surface area contributed by atoms with Gasteiger partial charge in [-0.25, -0.2) is 14.2 Å². The Morgan fingerprint density at radius 3 is 2.63 bits per heavy atom. The van der Waals surface area contributed by atoms with Gasteiger partial charge in [-0.05, 0) is 33.1 Å². The highest BCUT2D eigenvalue weighted by atomic mass is 19.4. The number of nitrogens with zero attached hydrogens (tertiary/aromatic N) is 8. The van der Waals surface area contributed by atoms with E-state index in [1.54, 1.807) is 17.1 Å². The lowest BCUT2D eigenvalue weighted by molar-refractivity contribution is -0.137. The molecule has 13 heteroatoms. The normalized spacial score (nSPS) is 17.0. The van der Waals surface area contributed by atoms with Gasteiger partial charge in [-0.3, -0.25) is 14.0 Å². The quantitative estimate of drug-likeness (QED) is 0.407. The maximum absolute atomic E-state index is 13.3. The average molecular weight is 490 g/mol. The number of hydrogen-bond acceptors (Lipinski definition) is 6. The van der Waals surface area contributed by atoms with Crippen molar-refractivity contribution in [3.8, 4) is 22.6 Å². The fourth-order valence-corrected chi connectivity index (χ4v) is 4.22. The number of rotatable bonds is 6. The van der Waals surface area contributed by atoms with Crippen molar-refractivity contribution < 1.29 is 17.9 Å². The third-order valence-corrected chi connectivity index (χ3v) is 5.95. The van der Waals surface area contributed by atoms with E-state index >= 15 is 0 Å². The Balaban J connectivity index is 1.56. The van der Waals surface area contributed by atoms with Crippen LogP contribution in [0.5, 0.6) is 0 Å². The first-order valence-corrected chi connectivity index (χ1v) is 11.5. The van der Waals surface area contributed by atoms with Gasteiger partial charge in [0.2, 0.25) is 5.65 Å². The first kappa shape index (κ1) is 23.3. The topological polar surface area (TPSA) is 97.1 Å². The maximum atomic E-state index is 13.3. The summed E-state index contributed by atoms with van der Waals surface area (Å²) in [7, 11) is 0. The first-order valence-electron chi connectivity index (χ1n) is 11.5. The highest BCUT2D eigenvalue weighted by Crippen LogP contribution is 2.27. The Hall–Kier alpha value is -3.48. The number of alkyl halides is 3. The zero-order valence-electron chi connectivity index (χ0n) is 19.3. The van der Waals surface area contributed by atoms with Crippen LogP contribution in [0.15, 0.2) is 35.8 Å². The van der Waals surface area contributed by atoms with Crippen molar-refractivity contribution in [2.45, 2.75) is 64.5 Å². The van der Waals surface area contributed by atoms with E-state index in [0.717, 1.165) is 19.3 Å². The molecule has 0 aliphatic carbocycles. The van der Waals surface area contributed by atoms with Crippen molar-refractivity contribution in [1.82, 2.24) is 38.7 Å². The molecule has 0 bridgehead atoms. The first-order chi connectivity index (χ1) is 16.7. The van der Waals surface area contributed by atoms with Crippen LogP contribution >= 0.6 is 0 Å². The van der Waals surface area contributed by atoms with E-state index < -0.39 is 12.6 Å². The molecule has 4 aromatic rings. The van der Waals surface area contributed by atoms with E-state index in [1.165, 1.54) is 26.2 Å². The summed E-state index contributed by atoms with van der Waals surface area (Å²) < 4.78 is 49.6. The molecule has 1 aliphatic heterocycles. The molecule has 0 N–H and O–H groups in total. The third kappa shape index (κ3) is 4.59. The number of aryl methyl sites for hydroxylation is 1. The van der Waals surface area contributed by atoms with Crippen molar-refractivity contribution in [1.29, 1.82) is 0 Å². The Bertz CT molecular complexity index is 1390. The van der Waals surface area contributed by atoms with Crippen molar-refractivity contribution in [3.05, 3.63) is 41.3 Å². The smallest absolute Gasteiger partial charge is 0.357 e. The van der Waals surface area contributed by atoms with E-state index in [2.05, 4.69) is 20.3 Å². The highest BCUT2D eigenvalue weighted by molar-refractivity contribution is 5.62. The lowest BCUT2D eigenvalue weighted by Gasteiger charge is -2.22. The largest absolute Gasteiger partial charge is 0.390 e. The summed E-state index contributed by atoms with van der Waals surface area (Å²) in [5.41, 5.74) is 1.50. The SMILES string of the molecule is CC(C)n1c(-c2cnn(CCC(F)(F)F)c2)nn2c(-c3cnn(C4CCCCO4)c3)cnc2c1=O. The summed E-state index contributed by atoms with van der Waals surface area (Å²) in [6.07, 6.45) is 5.48. The predicted molar refractivity (Wildman–Crippen MR) is 120 cm³/mol. The summed E-state index contributed by atoms with van der Waals surface area (Å²) in [5.74, 6) is 0.290. The molecule has 186 valence electrons. The van der Waals surface area contributed by atoms with Gasteiger partial charge >= 0.3 is 6.18 Å². The fourth-order valence-electron chi connectivity index (χ4n) is 4.22. The van der Waals surface area contributed by atoms with Crippen LogP contribution < -0.4 is 5.56 Å². The van der Waals surface area contributed by atoms with Crippen LogP contribution in [-0.2, 0) is 11.3 Å². The molecule has 4 aromatic heterocycles. The van der Waals surface area contributed by atoms with Crippen LogP contribution in [0.2, 0.25) is 0 Å². The fraction of sp³-hybridized carbons (Fsp3) is 0.500. The molecule has 10 nitrogen and oxygen atoms in total. The summed E-state index contributed by atoms with van der Waals surface area (Å²) in [5, 5.41) is 13.1. The van der Waals surface area contributed by atoms with Gasteiger partial charge in [0, 0.05) is 37.2 Å². The number of fused-ring (bicyclic) bond motifs is 1. The molecule has 1 saturated heterocycles. The summed E-state index contributed by atoms with van der Waals surface area (Å²) in [4.78, 5) is 17.7. The van der Waals surface area contributed by atoms with E-state index in [1.807, 2.05) is 20.0 Å². The van der Waals surface area contributed by atoms with Crippen molar-refractivity contribution in [3.63, 3.8) is 0 Å². The van der Waals surface area contributed by atoms with E-state index in [9.17, 15) is 18.0 Å². The molecule has 0 radical (unpaired) electrons. The molecule has 1 fully saturated rings.